The van der Waals surface area contributed by atoms with Crippen LogP contribution in [0.3, 0.4) is 0 Å². The summed E-state index contributed by atoms with van der Waals surface area (Å²) in [5.41, 5.74) is 0.249. The lowest BCUT2D eigenvalue weighted by molar-refractivity contribution is -0.140. The zero-order valence-corrected chi connectivity index (χ0v) is 32.8. The van der Waals surface area contributed by atoms with Crippen molar-refractivity contribution in [3.8, 4) is 11.5 Å². The van der Waals surface area contributed by atoms with Crippen LogP contribution in [0.15, 0.2) is 107 Å². The average Bonchev–Trinajstić information content (AvgIpc) is 3.12. The lowest BCUT2D eigenvalue weighted by Crippen LogP contribution is -2.45. The number of anilines is 2. The summed E-state index contributed by atoms with van der Waals surface area (Å²) in [5.74, 6) is -0.843. The number of hydrogen-bond donors (Lipinski definition) is 2. The van der Waals surface area contributed by atoms with E-state index in [9.17, 15) is 26.4 Å². The molecule has 0 aliphatic carbocycles. The molecule has 0 aliphatic heterocycles. The summed E-state index contributed by atoms with van der Waals surface area (Å²) in [6.45, 7) is 7.37. The van der Waals surface area contributed by atoms with Crippen LogP contribution in [-0.2, 0) is 36.1 Å². The van der Waals surface area contributed by atoms with Crippen molar-refractivity contribution in [3.63, 3.8) is 0 Å². The molecule has 1 unspecified atom stereocenters. The van der Waals surface area contributed by atoms with E-state index in [4.69, 9.17) is 21.1 Å². The molecular formula is C40H47ClN2O8S2. The molecule has 4 aromatic carbocycles. The van der Waals surface area contributed by atoms with Crippen LogP contribution < -0.4 is 19.5 Å². The van der Waals surface area contributed by atoms with Gasteiger partial charge in [-0.3, -0.25) is 14.3 Å². The number of carbonyl (C=O) groups excluding carboxylic acids is 2. The van der Waals surface area contributed by atoms with Gasteiger partial charge < -0.3 is 14.8 Å². The Morgan fingerprint density at radius 1 is 0.755 bits per heavy atom. The molecule has 0 radical (unpaired) electrons. The molecule has 10 nitrogen and oxygen atoms in total. The Hall–Kier alpha value is -4.39. The number of halogens is 1. The minimum absolute atomic E-state index is 0.0199. The smallest absolute Gasteiger partial charge is 0.273 e. The molecule has 0 bridgehead atoms. The number of Topliss-reactive ketones (excluding diaryl/α,β-unsaturated/α-hetero) is 1. The van der Waals surface area contributed by atoms with Crippen LogP contribution in [0.25, 0.3) is 0 Å². The third-order valence-electron chi connectivity index (χ3n) is 8.25. The summed E-state index contributed by atoms with van der Waals surface area (Å²) in [5, 5.41) is 2.72. The normalized spacial score (nSPS) is 12.5. The molecule has 0 spiro atoms. The minimum Gasteiger partial charge on any atom is -0.489 e. The van der Waals surface area contributed by atoms with Gasteiger partial charge in [0, 0.05) is 5.41 Å². The molecule has 1 atom stereocenters. The zero-order chi connectivity index (χ0) is 38.6. The Kier molecular flexibility index (Phi) is 14.5. The Morgan fingerprint density at radius 3 is 1.94 bits per heavy atom. The molecule has 0 heterocycles. The molecule has 0 saturated carbocycles. The number of benzene rings is 4. The number of nitrogens with one attached hydrogen (secondary N) is 2. The highest BCUT2D eigenvalue weighted by Crippen LogP contribution is 2.30. The van der Waals surface area contributed by atoms with Gasteiger partial charge in [0.15, 0.2) is 5.78 Å². The summed E-state index contributed by atoms with van der Waals surface area (Å²) >= 11 is 6.37. The highest BCUT2D eigenvalue weighted by atomic mass is 35.5. The fourth-order valence-electron chi connectivity index (χ4n) is 5.23. The van der Waals surface area contributed by atoms with E-state index in [2.05, 4.69) is 17.0 Å². The van der Waals surface area contributed by atoms with Crippen molar-refractivity contribution >= 4 is 54.5 Å². The summed E-state index contributed by atoms with van der Waals surface area (Å²) in [4.78, 5) is 27.1. The Bertz CT molecular complexity index is 2050. The number of sulfonamides is 1. The standard InChI is InChI=1S/C40H47ClN2O8S2/c1-5-6-7-8-9-13-26-52(46,47)43-30-16-25-35(41)36(27-30)42-39(45)37(38(44)40(2,3)4)51-32-19-23-34(24-20-32)53(48,49)33-21-17-31(18-22-33)50-28-29-14-11-10-12-15-29/h10-12,14-25,27,37,43H,5-9,13,26,28H2,1-4H3,(H,42,45). The van der Waals surface area contributed by atoms with Crippen LogP contribution in [-0.4, -0.2) is 40.4 Å². The molecule has 4 aromatic rings. The van der Waals surface area contributed by atoms with Gasteiger partial charge in [0.2, 0.25) is 26.0 Å². The third-order valence-corrected chi connectivity index (χ3v) is 11.7. The van der Waals surface area contributed by atoms with Crippen LogP contribution in [0.2, 0.25) is 5.02 Å². The molecule has 0 fully saturated rings. The van der Waals surface area contributed by atoms with Crippen molar-refractivity contribution in [2.24, 2.45) is 5.41 Å². The highest BCUT2D eigenvalue weighted by molar-refractivity contribution is 7.92. The molecule has 1 amide bonds. The first-order valence-electron chi connectivity index (χ1n) is 17.5. The third kappa shape index (κ3) is 12.3. The largest absolute Gasteiger partial charge is 0.489 e. The first-order chi connectivity index (χ1) is 25.1. The van der Waals surface area contributed by atoms with Crippen molar-refractivity contribution in [2.75, 3.05) is 15.8 Å². The fraction of sp³-hybridized carbons (Fsp3) is 0.350. The molecule has 0 aromatic heterocycles. The first-order valence-corrected chi connectivity index (χ1v) is 21.0. The molecule has 0 aliphatic rings. The predicted molar refractivity (Wildman–Crippen MR) is 209 cm³/mol. The predicted octanol–water partition coefficient (Wildman–Crippen LogP) is 8.86. The monoisotopic (exact) mass is 782 g/mol. The number of ketones is 1. The van der Waals surface area contributed by atoms with Crippen LogP contribution >= 0.6 is 11.6 Å². The van der Waals surface area contributed by atoms with Crippen molar-refractivity contribution < 1.29 is 35.9 Å². The SMILES string of the molecule is CCCCCCCCS(=O)(=O)Nc1ccc(Cl)c(NC(=O)C(Oc2ccc(S(=O)(=O)c3ccc(OCc4ccccc4)cc3)cc2)C(=O)C(C)(C)C)c1. The molecule has 13 heteroatoms. The minimum atomic E-state index is -3.92. The molecule has 284 valence electrons. The maximum absolute atomic E-state index is 13.6. The number of rotatable bonds is 19. The van der Waals surface area contributed by atoms with E-state index in [0.717, 1.165) is 37.7 Å². The lowest BCUT2D eigenvalue weighted by atomic mass is 9.87. The van der Waals surface area contributed by atoms with Crippen molar-refractivity contribution in [2.45, 2.75) is 88.7 Å². The van der Waals surface area contributed by atoms with E-state index in [0.29, 0.717) is 18.8 Å². The summed E-state index contributed by atoms with van der Waals surface area (Å²) in [6.07, 6.45) is 3.96. The lowest BCUT2D eigenvalue weighted by Gasteiger charge is -2.25. The number of hydrogen-bond acceptors (Lipinski definition) is 8. The van der Waals surface area contributed by atoms with Gasteiger partial charge in [0.05, 0.1) is 31.9 Å². The van der Waals surface area contributed by atoms with Gasteiger partial charge in [-0.05, 0) is 78.7 Å². The highest BCUT2D eigenvalue weighted by Gasteiger charge is 2.37. The maximum Gasteiger partial charge on any atom is 0.273 e. The maximum atomic E-state index is 13.6. The fourth-order valence-corrected chi connectivity index (χ4v) is 7.83. The van der Waals surface area contributed by atoms with Crippen LogP contribution in [0.4, 0.5) is 11.4 Å². The number of unbranched alkanes of at least 4 members (excludes halogenated alkanes) is 5. The van der Waals surface area contributed by atoms with Crippen LogP contribution in [0, 0.1) is 5.41 Å². The van der Waals surface area contributed by atoms with Crippen LogP contribution in [0.5, 0.6) is 11.5 Å². The van der Waals surface area contributed by atoms with E-state index in [1.807, 2.05) is 30.3 Å². The summed E-state index contributed by atoms with van der Waals surface area (Å²) in [7, 11) is -7.57. The molecular weight excluding hydrogens is 736 g/mol. The summed E-state index contributed by atoms with van der Waals surface area (Å²) < 4.78 is 66.4. The van der Waals surface area contributed by atoms with Gasteiger partial charge in [-0.15, -0.1) is 0 Å². The average molecular weight is 783 g/mol. The first kappa shape index (κ1) is 41.4. The Morgan fingerprint density at radius 2 is 1.34 bits per heavy atom. The number of sulfone groups is 1. The Labute approximate surface area is 318 Å². The number of ether oxygens (including phenoxy) is 2. The molecule has 4 rings (SSSR count). The van der Waals surface area contributed by atoms with E-state index in [1.165, 1.54) is 54.6 Å². The van der Waals surface area contributed by atoms with Crippen molar-refractivity contribution in [1.29, 1.82) is 0 Å². The van der Waals surface area contributed by atoms with Gasteiger partial charge in [-0.25, -0.2) is 16.8 Å². The molecule has 0 saturated heterocycles. The van der Waals surface area contributed by atoms with Crippen molar-refractivity contribution in [1.82, 2.24) is 0 Å². The van der Waals surface area contributed by atoms with Crippen LogP contribution in [0.1, 0.15) is 71.8 Å². The second kappa shape index (κ2) is 18.6. The van der Waals surface area contributed by atoms with Crippen molar-refractivity contribution in [3.05, 3.63) is 108 Å². The van der Waals surface area contributed by atoms with E-state index >= 15 is 0 Å². The van der Waals surface area contributed by atoms with Gasteiger partial charge in [0.25, 0.3) is 5.91 Å². The van der Waals surface area contributed by atoms with Gasteiger partial charge in [0.1, 0.15) is 18.1 Å². The summed E-state index contributed by atoms with van der Waals surface area (Å²) in [6, 6.07) is 25.4. The van der Waals surface area contributed by atoms with E-state index < -0.39 is 43.1 Å². The Balaban J connectivity index is 1.44. The van der Waals surface area contributed by atoms with Gasteiger partial charge >= 0.3 is 0 Å². The van der Waals surface area contributed by atoms with E-state index in [-0.39, 0.29) is 37.7 Å². The van der Waals surface area contributed by atoms with Gasteiger partial charge in [-0.1, -0.05) is 102 Å². The zero-order valence-electron chi connectivity index (χ0n) is 30.4. The second-order valence-corrected chi connectivity index (χ2v) is 17.9. The van der Waals surface area contributed by atoms with Gasteiger partial charge in [-0.2, -0.15) is 0 Å². The molecule has 53 heavy (non-hydrogen) atoms. The quantitative estimate of drug-likeness (QED) is 0.0709. The number of carbonyl (C=O) groups is 2. The second-order valence-electron chi connectivity index (χ2n) is 13.7. The molecule has 2 N–H and O–H groups in total. The topological polar surface area (TPSA) is 145 Å². The van der Waals surface area contributed by atoms with E-state index in [1.54, 1.807) is 32.9 Å². The number of amides is 1.